The monoisotopic (exact) mass is 645 g/mol. The van der Waals surface area contributed by atoms with E-state index in [-0.39, 0.29) is 22.8 Å². The predicted octanol–water partition coefficient (Wildman–Crippen LogP) is 4.90. The van der Waals surface area contributed by atoms with Crippen molar-refractivity contribution in [3.05, 3.63) is 86.9 Å². The quantitative estimate of drug-likeness (QED) is 0.303. The summed E-state index contributed by atoms with van der Waals surface area (Å²) in [6.07, 6.45) is 2.47. The molecule has 2 aromatic carbocycles. The van der Waals surface area contributed by atoms with Gasteiger partial charge in [-0.05, 0) is 81.8 Å². The smallest absolute Gasteiger partial charge is 0.407 e. The van der Waals surface area contributed by atoms with Crippen molar-refractivity contribution in [2.45, 2.75) is 70.7 Å². The summed E-state index contributed by atoms with van der Waals surface area (Å²) < 4.78 is 27.9. The van der Waals surface area contributed by atoms with Crippen LogP contribution in [-0.4, -0.2) is 68.2 Å². The fourth-order valence-electron chi connectivity index (χ4n) is 6.50. The number of amides is 1. The number of nitrogens with one attached hydrogen (secondary N) is 1. The van der Waals surface area contributed by atoms with Crippen LogP contribution in [0.25, 0.3) is 27.8 Å². The Hall–Kier alpha value is -4.55. The van der Waals surface area contributed by atoms with E-state index in [1.807, 2.05) is 18.2 Å². The molecular weight excluding hydrogens is 605 g/mol. The summed E-state index contributed by atoms with van der Waals surface area (Å²) in [5.74, 6) is -0.512. The Kier molecular flexibility index (Phi) is 9.16. The van der Waals surface area contributed by atoms with Crippen molar-refractivity contribution in [3.63, 3.8) is 0 Å². The zero-order chi connectivity index (χ0) is 33.3. The van der Waals surface area contributed by atoms with Crippen LogP contribution in [0, 0.1) is 5.82 Å². The lowest BCUT2D eigenvalue weighted by molar-refractivity contribution is 0.0339. The van der Waals surface area contributed by atoms with Crippen LogP contribution in [-0.2, 0) is 16.0 Å². The van der Waals surface area contributed by atoms with Crippen LogP contribution in [0.5, 0.6) is 5.75 Å². The summed E-state index contributed by atoms with van der Waals surface area (Å²) in [7, 11) is 0. The average molecular weight is 646 g/mol. The summed E-state index contributed by atoms with van der Waals surface area (Å²) in [4.78, 5) is 46.8. The number of aromatic hydroxyl groups is 1. The van der Waals surface area contributed by atoms with Crippen molar-refractivity contribution in [3.8, 4) is 22.6 Å². The summed E-state index contributed by atoms with van der Waals surface area (Å²) in [5, 5.41) is 13.8. The molecule has 248 valence electrons. The number of hydrogen-bond acceptors (Lipinski definition) is 8. The molecule has 4 aromatic rings. The molecular formula is C35H40FN5O6. The number of phenolic OH excluding ortho intramolecular Hbond substituents is 1. The minimum absolute atomic E-state index is 0.00521. The molecule has 3 heterocycles. The number of hydrogen-bond donors (Lipinski definition) is 2. The Morgan fingerprint density at radius 1 is 1.06 bits per heavy atom. The molecule has 2 fully saturated rings. The van der Waals surface area contributed by atoms with E-state index in [1.165, 1.54) is 9.13 Å². The summed E-state index contributed by atoms with van der Waals surface area (Å²) in [6, 6.07) is 13.1. The highest BCUT2D eigenvalue weighted by Crippen LogP contribution is 2.33. The van der Waals surface area contributed by atoms with E-state index in [9.17, 15) is 23.9 Å². The van der Waals surface area contributed by atoms with Crippen LogP contribution in [0.1, 0.15) is 58.1 Å². The van der Waals surface area contributed by atoms with Gasteiger partial charge in [-0.25, -0.2) is 23.5 Å². The molecule has 2 aromatic heterocycles. The van der Waals surface area contributed by atoms with Crippen LogP contribution >= 0.6 is 0 Å². The summed E-state index contributed by atoms with van der Waals surface area (Å²) >= 11 is 0. The Morgan fingerprint density at radius 3 is 2.51 bits per heavy atom. The molecule has 0 atom stereocenters. The van der Waals surface area contributed by atoms with E-state index < -0.39 is 34.8 Å². The van der Waals surface area contributed by atoms with Gasteiger partial charge in [0, 0.05) is 37.3 Å². The number of fused-ring (bicyclic) bond motifs is 1. The standard InChI is InChI=1S/C35H40FN5O6/c1-35(2,3)47-33(44)38-24-10-12-25(13-11-24)41-32(43)28-19-23(36)20-37-31(28)40(34(41)45)26-7-4-6-22(18-26)27-8-5-9-30(42)29(27)21-39-14-16-46-17-15-39/h4-9,18-20,24-25,42H,10-17,21H2,1-3H3,(H,38,44). The van der Waals surface area contributed by atoms with Gasteiger partial charge in [0.25, 0.3) is 5.56 Å². The minimum atomic E-state index is -0.683. The topological polar surface area (TPSA) is 128 Å². The maximum atomic E-state index is 14.5. The zero-order valence-electron chi connectivity index (χ0n) is 26.9. The number of nitrogens with zero attached hydrogens (tertiary/aromatic N) is 4. The molecule has 2 N–H and O–H groups in total. The SMILES string of the molecule is CC(C)(C)OC(=O)NC1CCC(n2c(=O)c3cc(F)cnc3n(-c3cccc(-c4cccc(O)c4CN4CCOCC4)c3)c2=O)CC1. The summed E-state index contributed by atoms with van der Waals surface area (Å²) in [5.41, 5.74) is 1.02. The van der Waals surface area contributed by atoms with Crippen molar-refractivity contribution in [1.82, 2.24) is 24.3 Å². The first-order chi connectivity index (χ1) is 22.5. The number of rotatable bonds is 6. The number of pyridine rings is 1. The van der Waals surface area contributed by atoms with Crippen LogP contribution in [0.2, 0.25) is 0 Å². The van der Waals surface area contributed by atoms with E-state index in [4.69, 9.17) is 9.47 Å². The van der Waals surface area contributed by atoms with E-state index in [2.05, 4.69) is 15.2 Å². The van der Waals surface area contributed by atoms with Gasteiger partial charge in [-0.3, -0.25) is 14.3 Å². The third-order valence-electron chi connectivity index (χ3n) is 8.73. The molecule has 0 radical (unpaired) electrons. The first-order valence-electron chi connectivity index (χ1n) is 16.0. The Balaban J connectivity index is 1.37. The predicted molar refractivity (Wildman–Crippen MR) is 175 cm³/mol. The highest BCUT2D eigenvalue weighted by atomic mass is 19.1. The molecule has 0 spiro atoms. The van der Waals surface area contributed by atoms with Gasteiger partial charge in [0.15, 0.2) is 5.65 Å². The Morgan fingerprint density at radius 2 is 1.79 bits per heavy atom. The maximum absolute atomic E-state index is 14.5. The highest BCUT2D eigenvalue weighted by molar-refractivity contribution is 5.77. The Labute approximate surface area is 271 Å². The number of phenols is 1. The molecule has 1 saturated carbocycles. The van der Waals surface area contributed by atoms with Gasteiger partial charge in [-0.2, -0.15) is 0 Å². The number of alkyl carbamates (subject to hydrolysis) is 1. The third-order valence-corrected chi connectivity index (χ3v) is 8.73. The molecule has 12 heteroatoms. The van der Waals surface area contributed by atoms with Crippen molar-refractivity contribution in [2.24, 2.45) is 0 Å². The third kappa shape index (κ3) is 7.08. The lowest BCUT2D eigenvalue weighted by atomic mass is 9.91. The van der Waals surface area contributed by atoms with Crippen LogP contribution < -0.4 is 16.6 Å². The van der Waals surface area contributed by atoms with Gasteiger partial charge in [-0.1, -0.05) is 24.3 Å². The normalized spacial score (nSPS) is 19.1. The number of carbonyl (C=O) groups excluding carboxylic acids is 1. The van der Waals surface area contributed by atoms with E-state index in [1.54, 1.807) is 45.0 Å². The second-order valence-corrected chi connectivity index (χ2v) is 13.2. The molecule has 1 amide bonds. The molecule has 1 aliphatic carbocycles. The largest absolute Gasteiger partial charge is 0.508 e. The fourth-order valence-corrected chi connectivity index (χ4v) is 6.50. The van der Waals surface area contributed by atoms with Gasteiger partial charge in [0.1, 0.15) is 17.2 Å². The second-order valence-electron chi connectivity index (χ2n) is 13.2. The van der Waals surface area contributed by atoms with E-state index >= 15 is 0 Å². The number of carbonyl (C=O) groups is 1. The minimum Gasteiger partial charge on any atom is -0.508 e. The van der Waals surface area contributed by atoms with Gasteiger partial charge >= 0.3 is 11.8 Å². The first kappa shape index (κ1) is 32.4. The molecule has 6 rings (SSSR count). The van der Waals surface area contributed by atoms with Gasteiger partial charge < -0.3 is 19.9 Å². The summed E-state index contributed by atoms with van der Waals surface area (Å²) in [6.45, 7) is 8.65. The number of aromatic nitrogens is 3. The number of ether oxygens (including phenoxy) is 2. The fraction of sp³-hybridized carbons (Fsp3) is 0.429. The first-order valence-corrected chi connectivity index (χ1v) is 16.0. The molecule has 0 unspecified atom stereocenters. The zero-order valence-corrected chi connectivity index (χ0v) is 26.9. The van der Waals surface area contributed by atoms with Crippen LogP contribution in [0.15, 0.2) is 64.3 Å². The lowest BCUT2D eigenvalue weighted by Gasteiger charge is -2.31. The number of halogens is 1. The van der Waals surface area contributed by atoms with Crippen molar-refractivity contribution in [2.75, 3.05) is 26.3 Å². The molecule has 0 bridgehead atoms. The van der Waals surface area contributed by atoms with Gasteiger partial charge in [-0.15, -0.1) is 0 Å². The second kappa shape index (κ2) is 13.3. The van der Waals surface area contributed by atoms with Gasteiger partial charge in [0.2, 0.25) is 0 Å². The van der Waals surface area contributed by atoms with Crippen molar-refractivity contribution >= 4 is 17.1 Å². The lowest BCUT2D eigenvalue weighted by Crippen LogP contribution is -2.45. The molecule has 1 aliphatic heterocycles. The number of morpholine rings is 1. The maximum Gasteiger partial charge on any atom is 0.407 e. The highest BCUT2D eigenvalue weighted by Gasteiger charge is 2.29. The van der Waals surface area contributed by atoms with Crippen LogP contribution in [0.4, 0.5) is 9.18 Å². The van der Waals surface area contributed by atoms with E-state index in [0.29, 0.717) is 51.1 Å². The molecule has 1 saturated heterocycles. The van der Waals surface area contributed by atoms with Gasteiger partial charge in [0.05, 0.1) is 30.5 Å². The van der Waals surface area contributed by atoms with E-state index in [0.717, 1.165) is 42.0 Å². The van der Waals surface area contributed by atoms with Crippen LogP contribution in [0.3, 0.4) is 0 Å². The Bertz CT molecular complexity index is 1900. The molecule has 11 nitrogen and oxygen atoms in total. The molecule has 2 aliphatic rings. The van der Waals surface area contributed by atoms with Crippen molar-refractivity contribution in [1.29, 1.82) is 0 Å². The average Bonchev–Trinajstić information content (AvgIpc) is 3.03. The van der Waals surface area contributed by atoms with Crippen molar-refractivity contribution < 1.29 is 23.8 Å². The number of benzene rings is 2. The molecule has 47 heavy (non-hydrogen) atoms.